The highest BCUT2D eigenvalue weighted by Gasteiger charge is 2.15. The highest BCUT2D eigenvalue weighted by Crippen LogP contribution is 2.34. The molecule has 0 heterocycles. The SMILES string of the molecule is CCC1=Cc2cc(C)c3ccccc3c2C1. The van der Waals surface area contributed by atoms with Crippen LogP contribution in [-0.4, -0.2) is 0 Å². The van der Waals surface area contributed by atoms with Crippen LogP contribution in [0.1, 0.15) is 30.0 Å². The summed E-state index contributed by atoms with van der Waals surface area (Å²) in [6, 6.07) is 11.1. The fourth-order valence-electron chi connectivity index (χ4n) is 2.69. The zero-order valence-electron chi connectivity index (χ0n) is 9.88. The van der Waals surface area contributed by atoms with Gasteiger partial charge in [0, 0.05) is 0 Å². The third-order valence-electron chi connectivity index (χ3n) is 3.62. The maximum atomic E-state index is 2.37. The largest absolute Gasteiger partial charge is 0.0655 e. The molecule has 80 valence electrons. The van der Waals surface area contributed by atoms with Gasteiger partial charge in [0.05, 0.1) is 0 Å². The summed E-state index contributed by atoms with van der Waals surface area (Å²) in [6.07, 6.45) is 4.68. The van der Waals surface area contributed by atoms with Crippen molar-refractivity contribution in [1.82, 2.24) is 0 Å². The van der Waals surface area contributed by atoms with E-state index in [2.05, 4.69) is 50.3 Å². The van der Waals surface area contributed by atoms with Gasteiger partial charge in [-0.15, -0.1) is 0 Å². The average Bonchev–Trinajstić information content (AvgIpc) is 2.72. The first kappa shape index (κ1) is 9.65. The van der Waals surface area contributed by atoms with Gasteiger partial charge in [-0.05, 0) is 47.2 Å². The Morgan fingerprint density at radius 3 is 2.62 bits per heavy atom. The number of aryl methyl sites for hydroxylation is 1. The molecule has 16 heavy (non-hydrogen) atoms. The lowest BCUT2D eigenvalue weighted by molar-refractivity contribution is 1.04. The molecule has 0 bridgehead atoms. The van der Waals surface area contributed by atoms with Gasteiger partial charge in [0.15, 0.2) is 0 Å². The summed E-state index contributed by atoms with van der Waals surface area (Å²) in [7, 11) is 0. The van der Waals surface area contributed by atoms with Crippen molar-refractivity contribution in [1.29, 1.82) is 0 Å². The molecule has 2 aromatic carbocycles. The molecule has 0 spiro atoms. The van der Waals surface area contributed by atoms with Crippen LogP contribution < -0.4 is 0 Å². The molecular formula is C16H16. The van der Waals surface area contributed by atoms with Crippen molar-refractivity contribution in [2.45, 2.75) is 26.7 Å². The van der Waals surface area contributed by atoms with Gasteiger partial charge in [-0.2, -0.15) is 0 Å². The van der Waals surface area contributed by atoms with Crippen molar-refractivity contribution in [2.75, 3.05) is 0 Å². The van der Waals surface area contributed by atoms with E-state index in [1.54, 1.807) is 5.57 Å². The minimum absolute atomic E-state index is 1.15. The van der Waals surface area contributed by atoms with Crippen molar-refractivity contribution < 1.29 is 0 Å². The molecule has 0 aromatic heterocycles. The van der Waals surface area contributed by atoms with Crippen molar-refractivity contribution in [3.63, 3.8) is 0 Å². The second-order valence-electron chi connectivity index (χ2n) is 4.64. The highest BCUT2D eigenvalue weighted by atomic mass is 14.2. The van der Waals surface area contributed by atoms with Gasteiger partial charge >= 0.3 is 0 Å². The molecule has 2 aromatic rings. The standard InChI is InChI=1S/C16H16/c1-3-12-9-13-8-11(2)14-6-4-5-7-15(14)16(13)10-12/h4-9H,3,10H2,1-2H3. The number of hydrogen-bond donors (Lipinski definition) is 0. The van der Waals surface area contributed by atoms with Crippen LogP contribution in [0.3, 0.4) is 0 Å². The molecule has 0 saturated carbocycles. The number of allylic oxidation sites excluding steroid dienone is 1. The molecule has 0 saturated heterocycles. The van der Waals surface area contributed by atoms with E-state index in [-0.39, 0.29) is 0 Å². The molecule has 3 rings (SSSR count). The van der Waals surface area contributed by atoms with Crippen LogP contribution in [0.5, 0.6) is 0 Å². The molecule has 0 unspecified atom stereocenters. The summed E-state index contributed by atoms with van der Waals surface area (Å²) in [5.41, 5.74) is 5.92. The Morgan fingerprint density at radius 2 is 1.88 bits per heavy atom. The normalized spacial score (nSPS) is 14.0. The molecular weight excluding hydrogens is 192 g/mol. The summed E-state index contributed by atoms with van der Waals surface area (Å²) in [6.45, 7) is 4.45. The van der Waals surface area contributed by atoms with Crippen molar-refractivity contribution in [2.24, 2.45) is 0 Å². The Bertz CT molecular complexity index is 588. The number of benzene rings is 2. The van der Waals surface area contributed by atoms with Gasteiger partial charge in [0.1, 0.15) is 0 Å². The summed E-state index contributed by atoms with van der Waals surface area (Å²) < 4.78 is 0. The summed E-state index contributed by atoms with van der Waals surface area (Å²) >= 11 is 0. The number of rotatable bonds is 1. The number of fused-ring (bicyclic) bond motifs is 3. The van der Waals surface area contributed by atoms with Crippen molar-refractivity contribution in [3.05, 3.63) is 52.6 Å². The maximum absolute atomic E-state index is 2.37. The van der Waals surface area contributed by atoms with E-state index in [0.717, 1.165) is 6.42 Å². The first-order chi connectivity index (χ1) is 7.79. The second kappa shape index (κ2) is 3.48. The Kier molecular flexibility index (Phi) is 2.10. The van der Waals surface area contributed by atoms with E-state index in [1.165, 1.54) is 33.9 Å². The average molecular weight is 208 g/mol. The van der Waals surface area contributed by atoms with Crippen molar-refractivity contribution >= 4 is 16.8 Å². The molecule has 1 aliphatic rings. The van der Waals surface area contributed by atoms with E-state index < -0.39 is 0 Å². The lowest BCUT2D eigenvalue weighted by Crippen LogP contribution is -1.89. The molecule has 0 aliphatic heterocycles. The molecule has 0 atom stereocenters. The Labute approximate surface area is 96.6 Å². The molecule has 0 heteroatoms. The van der Waals surface area contributed by atoms with Crippen LogP contribution >= 0.6 is 0 Å². The first-order valence-electron chi connectivity index (χ1n) is 6.00. The van der Waals surface area contributed by atoms with Crippen LogP contribution in [0, 0.1) is 6.92 Å². The van der Waals surface area contributed by atoms with Gasteiger partial charge in [0.25, 0.3) is 0 Å². The predicted octanol–water partition coefficient (Wildman–Crippen LogP) is 4.50. The monoisotopic (exact) mass is 208 g/mol. The lowest BCUT2D eigenvalue weighted by Gasteiger charge is -2.08. The third-order valence-corrected chi connectivity index (χ3v) is 3.62. The Hall–Kier alpha value is -1.56. The second-order valence-corrected chi connectivity index (χ2v) is 4.64. The zero-order valence-corrected chi connectivity index (χ0v) is 9.88. The maximum Gasteiger partial charge on any atom is -0.00518 e. The molecule has 0 N–H and O–H groups in total. The third kappa shape index (κ3) is 1.30. The van der Waals surface area contributed by atoms with E-state index in [4.69, 9.17) is 0 Å². The smallest absolute Gasteiger partial charge is 0.00518 e. The summed E-state index contributed by atoms with van der Waals surface area (Å²) in [5, 5.41) is 2.85. The van der Waals surface area contributed by atoms with Gasteiger partial charge in [-0.25, -0.2) is 0 Å². The zero-order chi connectivity index (χ0) is 11.1. The predicted molar refractivity (Wildman–Crippen MR) is 70.7 cm³/mol. The van der Waals surface area contributed by atoms with Gasteiger partial charge < -0.3 is 0 Å². The van der Waals surface area contributed by atoms with Gasteiger partial charge in [-0.3, -0.25) is 0 Å². The minimum atomic E-state index is 1.15. The molecule has 1 aliphatic carbocycles. The number of hydrogen-bond acceptors (Lipinski definition) is 0. The first-order valence-corrected chi connectivity index (χ1v) is 6.00. The van der Waals surface area contributed by atoms with Crippen LogP contribution in [0.2, 0.25) is 0 Å². The van der Waals surface area contributed by atoms with Crippen LogP contribution in [0.15, 0.2) is 35.9 Å². The van der Waals surface area contributed by atoms with Crippen LogP contribution in [-0.2, 0) is 6.42 Å². The Balaban J connectivity index is 2.31. The van der Waals surface area contributed by atoms with E-state index in [0.29, 0.717) is 0 Å². The molecule has 0 fully saturated rings. The topological polar surface area (TPSA) is 0 Å². The molecule has 0 amide bonds. The van der Waals surface area contributed by atoms with E-state index in [1.807, 2.05) is 0 Å². The molecule has 0 radical (unpaired) electrons. The lowest BCUT2D eigenvalue weighted by atomic mass is 9.96. The van der Waals surface area contributed by atoms with Gasteiger partial charge in [-0.1, -0.05) is 48.9 Å². The fraction of sp³-hybridized carbons (Fsp3) is 0.250. The fourth-order valence-corrected chi connectivity index (χ4v) is 2.69. The van der Waals surface area contributed by atoms with E-state index in [9.17, 15) is 0 Å². The summed E-state index contributed by atoms with van der Waals surface area (Å²) in [4.78, 5) is 0. The minimum Gasteiger partial charge on any atom is -0.0655 e. The van der Waals surface area contributed by atoms with E-state index >= 15 is 0 Å². The van der Waals surface area contributed by atoms with Crippen LogP contribution in [0.4, 0.5) is 0 Å². The highest BCUT2D eigenvalue weighted by molar-refractivity contribution is 5.93. The molecule has 0 nitrogen and oxygen atoms in total. The summed E-state index contributed by atoms with van der Waals surface area (Å²) in [5.74, 6) is 0. The van der Waals surface area contributed by atoms with Crippen LogP contribution in [0.25, 0.3) is 16.8 Å². The Morgan fingerprint density at radius 1 is 1.12 bits per heavy atom. The van der Waals surface area contributed by atoms with Crippen molar-refractivity contribution in [3.8, 4) is 0 Å². The quantitative estimate of drug-likeness (QED) is 0.647. The van der Waals surface area contributed by atoms with Gasteiger partial charge in [0.2, 0.25) is 0 Å².